The number of hydrogen-bond acceptors (Lipinski definition) is 3. The lowest BCUT2D eigenvalue weighted by atomic mass is 10.0. The lowest BCUT2D eigenvalue weighted by molar-refractivity contribution is 0.0951. The van der Waals surface area contributed by atoms with E-state index in [9.17, 15) is 4.79 Å². The minimum Gasteiger partial charge on any atom is -0.347 e. The van der Waals surface area contributed by atoms with E-state index < -0.39 is 0 Å². The molecule has 0 spiro atoms. The number of thiophene rings is 1. The normalized spacial score (nSPS) is 9.86. The summed E-state index contributed by atoms with van der Waals surface area (Å²) in [6.45, 7) is 4.88. The van der Waals surface area contributed by atoms with Crippen LogP contribution in [-0.2, 0) is 6.54 Å². The van der Waals surface area contributed by atoms with Crippen molar-refractivity contribution in [2.45, 2.75) is 20.4 Å². The van der Waals surface area contributed by atoms with Crippen LogP contribution < -0.4 is 11.1 Å². The van der Waals surface area contributed by atoms with Gasteiger partial charge in [0, 0.05) is 16.0 Å². The molecule has 0 fully saturated rings. The van der Waals surface area contributed by atoms with Gasteiger partial charge in [-0.15, -0.1) is 11.3 Å². The molecule has 2 aromatic rings. The Kier molecular flexibility index (Phi) is 5.15. The van der Waals surface area contributed by atoms with Gasteiger partial charge in [-0.25, -0.2) is 0 Å². The van der Waals surface area contributed by atoms with Crippen LogP contribution in [0.3, 0.4) is 0 Å². The fraction of sp³-hybridized carbons (Fsp3) is 0.235. The van der Waals surface area contributed by atoms with Crippen LogP contribution in [0.1, 0.15) is 31.9 Å². The third-order valence-electron chi connectivity index (χ3n) is 3.20. The van der Waals surface area contributed by atoms with Gasteiger partial charge in [0.1, 0.15) is 0 Å². The van der Waals surface area contributed by atoms with Gasteiger partial charge in [0.25, 0.3) is 5.91 Å². The van der Waals surface area contributed by atoms with E-state index in [0.29, 0.717) is 18.7 Å². The van der Waals surface area contributed by atoms with Gasteiger partial charge in [0.15, 0.2) is 0 Å². The lowest BCUT2D eigenvalue weighted by Gasteiger charge is -2.06. The van der Waals surface area contributed by atoms with E-state index in [0.717, 1.165) is 11.1 Å². The first-order chi connectivity index (χ1) is 10.1. The Labute approximate surface area is 129 Å². The molecule has 3 N–H and O–H groups in total. The summed E-state index contributed by atoms with van der Waals surface area (Å²) in [7, 11) is 0. The van der Waals surface area contributed by atoms with E-state index in [1.807, 2.05) is 37.4 Å². The summed E-state index contributed by atoms with van der Waals surface area (Å²) < 4.78 is 0. The van der Waals surface area contributed by atoms with Crippen molar-refractivity contribution in [3.63, 3.8) is 0 Å². The van der Waals surface area contributed by atoms with Crippen molar-refractivity contribution in [3.8, 4) is 11.8 Å². The molecule has 0 saturated heterocycles. The molecule has 1 aromatic carbocycles. The molecular weight excluding hydrogens is 280 g/mol. The maximum absolute atomic E-state index is 12.2. The molecule has 3 nitrogen and oxygen atoms in total. The first-order valence-electron chi connectivity index (χ1n) is 6.72. The topological polar surface area (TPSA) is 55.1 Å². The summed E-state index contributed by atoms with van der Waals surface area (Å²) >= 11 is 1.65. The molecule has 1 aromatic heterocycles. The van der Waals surface area contributed by atoms with Crippen LogP contribution in [0.2, 0.25) is 0 Å². The first kappa shape index (κ1) is 15.3. The molecule has 4 heteroatoms. The fourth-order valence-electron chi connectivity index (χ4n) is 1.89. The molecule has 108 valence electrons. The van der Waals surface area contributed by atoms with Gasteiger partial charge in [-0.3, -0.25) is 4.79 Å². The first-order valence-corrected chi connectivity index (χ1v) is 7.60. The van der Waals surface area contributed by atoms with Gasteiger partial charge in [-0.1, -0.05) is 17.9 Å². The maximum Gasteiger partial charge on any atom is 0.251 e. The van der Waals surface area contributed by atoms with Gasteiger partial charge in [-0.05, 0) is 48.6 Å². The van der Waals surface area contributed by atoms with E-state index in [2.05, 4.69) is 23.2 Å². The SMILES string of the molecule is Cc1ccc(C(=O)NCc2sccc2C)cc1C#CCN. The van der Waals surface area contributed by atoms with Gasteiger partial charge in [-0.2, -0.15) is 0 Å². The number of nitrogens with one attached hydrogen (secondary N) is 1. The molecule has 0 bridgehead atoms. The molecule has 0 unspecified atom stereocenters. The van der Waals surface area contributed by atoms with Crippen LogP contribution in [0, 0.1) is 25.7 Å². The second-order valence-electron chi connectivity index (χ2n) is 4.75. The van der Waals surface area contributed by atoms with E-state index in [-0.39, 0.29) is 5.91 Å². The molecule has 1 heterocycles. The van der Waals surface area contributed by atoms with E-state index >= 15 is 0 Å². The Morgan fingerprint density at radius 3 is 2.76 bits per heavy atom. The zero-order valence-electron chi connectivity index (χ0n) is 12.2. The molecule has 0 aliphatic carbocycles. The highest BCUT2D eigenvalue weighted by Crippen LogP contribution is 2.15. The Balaban J connectivity index is 2.10. The molecule has 21 heavy (non-hydrogen) atoms. The number of nitrogens with two attached hydrogens (primary N) is 1. The minimum atomic E-state index is -0.0846. The summed E-state index contributed by atoms with van der Waals surface area (Å²) in [6, 6.07) is 7.60. The highest BCUT2D eigenvalue weighted by atomic mass is 32.1. The largest absolute Gasteiger partial charge is 0.347 e. The van der Waals surface area contributed by atoms with Crippen LogP contribution in [0.25, 0.3) is 0 Å². The second kappa shape index (κ2) is 7.07. The summed E-state index contributed by atoms with van der Waals surface area (Å²) in [4.78, 5) is 13.4. The van der Waals surface area contributed by atoms with Crippen LogP contribution in [0.5, 0.6) is 0 Å². The highest BCUT2D eigenvalue weighted by Gasteiger charge is 2.08. The Hall–Kier alpha value is -2.09. The number of carbonyl (C=O) groups is 1. The number of rotatable bonds is 3. The monoisotopic (exact) mass is 298 g/mol. The van der Waals surface area contributed by atoms with E-state index in [1.165, 1.54) is 10.4 Å². The Morgan fingerprint density at radius 1 is 1.29 bits per heavy atom. The third-order valence-corrected chi connectivity index (χ3v) is 4.23. The molecule has 1 amide bonds. The molecule has 0 radical (unpaired) electrons. The second-order valence-corrected chi connectivity index (χ2v) is 5.75. The van der Waals surface area contributed by atoms with Crippen molar-refractivity contribution in [1.29, 1.82) is 0 Å². The lowest BCUT2D eigenvalue weighted by Crippen LogP contribution is -2.22. The van der Waals surface area contributed by atoms with Gasteiger partial charge in [0.2, 0.25) is 0 Å². The molecule has 0 aliphatic heterocycles. The molecule has 2 rings (SSSR count). The molecular formula is C17H18N2OS. The maximum atomic E-state index is 12.2. The van der Waals surface area contributed by atoms with Crippen LogP contribution in [-0.4, -0.2) is 12.5 Å². The Morgan fingerprint density at radius 2 is 2.10 bits per heavy atom. The predicted molar refractivity (Wildman–Crippen MR) is 87.3 cm³/mol. The molecule has 0 saturated carbocycles. The van der Waals surface area contributed by atoms with Crippen molar-refractivity contribution in [2.24, 2.45) is 5.73 Å². The molecule has 0 atom stereocenters. The summed E-state index contributed by atoms with van der Waals surface area (Å²) in [5.41, 5.74) is 9.11. The minimum absolute atomic E-state index is 0.0846. The average molecular weight is 298 g/mol. The Bertz CT molecular complexity index is 707. The van der Waals surface area contributed by atoms with E-state index in [4.69, 9.17) is 5.73 Å². The zero-order chi connectivity index (χ0) is 15.2. The van der Waals surface area contributed by atoms with Gasteiger partial charge in [0.05, 0.1) is 13.1 Å². The van der Waals surface area contributed by atoms with Crippen molar-refractivity contribution in [2.75, 3.05) is 6.54 Å². The number of aryl methyl sites for hydroxylation is 2. The van der Waals surface area contributed by atoms with Crippen LogP contribution >= 0.6 is 11.3 Å². The van der Waals surface area contributed by atoms with Crippen molar-refractivity contribution in [3.05, 3.63) is 56.8 Å². The zero-order valence-corrected chi connectivity index (χ0v) is 13.0. The van der Waals surface area contributed by atoms with Gasteiger partial charge < -0.3 is 11.1 Å². The number of benzene rings is 1. The number of hydrogen-bond donors (Lipinski definition) is 2. The summed E-state index contributed by atoms with van der Waals surface area (Å²) in [6.07, 6.45) is 0. The van der Waals surface area contributed by atoms with Crippen molar-refractivity contribution < 1.29 is 4.79 Å². The quantitative estimate of drug-likeness (QED) is 0.856. The highest BCUT2D eigenvalue weighted by molar-refractivity contribution is 7.10. The third kappa shape index (κ3) is 3.94. The number of amides is 1. The molecule has 0 aliphatic rings. The van der Waals surface area contributed by atoms with Crippen molar-refractivity contribution in [1.82, 2.24) is 5.32 Å². The summed E-state index contributed by atoms with van der Waals surface area (Å²) in [5, 5.41) is 4.97. The van der Waals surface area contributed by atoms with Crippen LogP contribution in [0.15, 0.2) is 29.6 Å². The van der Waals surface area contributed by atoms with Gasteiger partial charge >= 0.3 is 0 Å². The summed E-state index contributed by atoms with van der Waals surface area (Å²) in [5.74, 6) is 5.73. The van der Waals surface area contributed by atoms with Crippen molar-refractivity contribution >= 4 is 17.2 Å². The van der Waals surface area contributed by atoms with E-state index in [1.54, 1.807) is 11.3 Å². The predicted octanol–water partition coefficient (Wildman–Crippen LogP) is 2.61. The average Bonchev–Trinajstić information content (AvgIpc) is 2.89. The number of carbonyl (C=O) groups excluding carboxylic acids is 1. The standard InChI is InChI=1S/C17H18N2OS/c1-12-5-6-15(10-14(12)4-3-8-18)17(20)19-11-16-13(2)7-9-21-16/h5-7,9-10H,8,11,18H2,1-2H3,(H,19,20). The van der Waals surface area contributed by atoms with Crippen LogP contribution in [0.4, 0.5) is 0 Å². The smallest absolute Gasteiger partial charge is 0.251 e. The fourth-order valence-corrected chi connectivity index (χ4v) is 2.74.